The minimum absolute atomic E-state index is 0.641. The Hall–Kier alpha value is -1.57. The summed E-state index contributed by atoms with van der Waals surface area (Å²) in [6.45, 7) is 5.58. The zero-order chi connectivity index (χ0) is 13.3. The van der Waals surface area contributed by atoms with E-state index in [4.69, 9.17) is 14.7 Å². The molecule has 0 amide bonds. The lowest BCUT2D eigenvalue weighted by molar-refractivity contribution is 0.140. The Morgan fingerprint density at radius 1 is 1.32 bits per heavy atom. The Kier molecular flexibility index (Phi) is 5.67. The maximum atomic E-state index is 8.81. The molecule has 1 aliphatic heterocycles. The first-order chi connectivity index (χ1) is 9.38. The van der Waals surface area contributed by atoms with E-state index < -0.39 is 0 Å². The van der Waals surface area contributed by atoms with Crippen molar-refractivity contribution in [2.24, 2.45) is 0 Å². The van der Waals surface area contributed by atoms with E-state index in [1.54, 1.807) is 12.1 Å². The zero-order valence-corrected chi connectivity index (χ0v) is 11.2. The summed E-state index contributed by atoms with van der Waals surface area (Å²) in [4.78, 5) is 2.42. The molecule has 1 aromatic rings. The molecule has 19 heavy (non-hydrogen) atoms. The summed E-state index contributed by atoms with van der Waals surface area (Å²) >= 11 is 0. The lowest BCUT2D eigenvalue weighted by Crippen LogP contribution is -2.28. The van der Waals surface area contributed by atoms with Gasteiger partial charge >= 0.3 is 0 Å². The summed E-state index contributed by atoms with van der Waals surface area (Å²) < 4.78 is 11.1. The van der Waals surface area contributed by atoms with Gasteiger partial charge in [0.2, 0.25) is 0 Å². The van der Waals surface area contributed by atoms with E-state index in [0.717, 1.165) is 51.4 Å². The van der Waals surface area contributed by atoms with Crippen molar-refractivity contribution >= 4 is 0 Å². The van der Waals surface area contributed by atoms with Crippen LogP contribution in [0.2, 0.25) is 0 Å². The number of ether oxygens (including phenoxy) is 2. The third kappa shape index (κ3) is 4.90. The van der Waals surface area contributed by atoms with E-state index in [1.165, 1.54) is 0 Å². The fraction of sp³-hybridized carbons (Fsp3) is 0.533. The molecule has 102 valence electrons. The van der Waals surface area contributed by atoms with E-state index in [9.17, 15) is 0 Å². The first-order valence-corrected chi connectivity index (χ1v) is 6.81. The van der Waals surface area contributed by atoms with E-state index in [2.05, 4.69) is 11.0 Å². The number of hydrogen-bond donors (Lipinski definition) is 0. The lowest BCUT2D eigenvalue weighted by atomic mass is 10.2. The van der Waals surface area contributed by atoms with Crippen molar-refractivity contribution in [1.29, 1.82) is 5.26 Å². The van der Waals surface area contributed by atoms with Gasteiger partial charge in [-0.05, 0) is 31.0 Å². The molecule has 2 rings (SSSR count). The maximum absolute atomic E-state index is 8.81. The van der Waals surface area contributed by atoms with Crippen molar-refractivity contribution in [1.82, 2.24) is 4.90 Å². The van der Waals surface area contributed by atoms with Crippen molar-refractivity contribution in [3.05, 3.63) is 29.8 Å². The fourth-order valence-electron chi connectivity index (χ4n) is 2.15. The van der Waals surface area contributed by atoms with E-state index in [1.807, 2.05) is 12.1 Å². The van der Waals surface area contributed by atoms with Crippen molar-refractivity contribution in [3.63, 3.8) is 0 Å². The third-order valence-corrected chi connectivity index (χ3v) is 3.17. The molecule has 4 heteroatoms. The molecule has 0 bridgehead atoms. The van der Waals surface area contributed by atoms with Crippen molar-refractivity contribution in [3.8, 4) is 11.8 Å². The highest BCUT2D eigenvalue weighted by molar-refractivity contribution is 5.36. The Morgan fingerprint density at radius 2 is 2.26 bits per heavy atom. The SMILES string of the molecule is N#Cc1cccc(OCCCN2CCCOCC2)c1. The second-order valence-corrected chi connectivity index (χ2v) is 4.65. The third-order valence-electron chi connectivity index (χ3n) is 3.17. The van der Waals surface area contributed by atoms with Gasteiger partial charge in [0.1, 0.15) is 5.75 Å². The molecule has 0 spiro atoms. The second-order valence-electron chi connectivity index (χ2n) is 4.65. The molecular weight excluding hydrogens is 240 g/mol. The van der Waals surface area contributed by atoms with Gasteiger partial charge in [0, 0.05) is 26.2 Å². The van der Waals surface area contributed by atoms with Gasteiger partial charge in [-0.25, -0.2) is 0 Å². The normalized spacial score (nSPS) is 16.6. The molecule has 1 saturated heterocycles. The Morgan fingerprint density at radius 3 is 3.16 bits per heavy atom. The van der Waals surface area contributed by atoms with Crippen molar-refractivity contribution < 1.29 is 9.47 Å². The van der Waals surface area contributed by atoms with Crippen LogP contribution in [0.3, 0.4) is 0 Å². The van der Waals surface area contributed by atoms with Crippen LogP contribution in [0.4, 0.5) is 0 Å². The summed E-state index contributed by atoms with van der Waals surface area (Å²) in [5.74, 6) is 0.776. The highest BCUT2D eigenvalue weighted by atomic mass is 16.5. The summed E-state index contributed by atoms with van der Waals surface area (Å²) in [7, 11) is 0. The minimum Gasteiger partial charge on any atom is -0.494 e. The Bertz CT molecular complexity index is 420. The van der Waals surface area contributed by atoms with Gasteiger partial charge in [0.05, 0.1) is 24.8 Å². The number of hydrogen-bond acceptors (Lipinski definition) is 4. The summed E-state index contributed by atoms with van der Waals surface area (Å²) in [6.07, 6.45) is 2.11. The van der Waals surface area contributed by atoms with Gasteiger partial charge in [0.15, 0.2) is 0 Å². The predicted octanol–water partition coefficient (Wildman–Crippen LogP) is 2.05. The molecule has 0 radical (unpaired) electrons. The highest BCUT2D eigenvalue weighted by Crippen LogP contribution is 2.12. The molecule has 0 atom stereocenters. The van der Waals surface area contributed by atoms with Crippen LogP contribution in [0.15, 0.2) is 24.3 Å². The van der Waals surface area contributed by atoms with Gasteiger partial charge in [0.25, 0.3) is 0 Å². The molecule has 1 aromatic carbocycles. The molecule has 1 aliphatic rings. The Labute approximate surface area is 114 Å². The van der Waals surface area contributed by atoms with Crippen LogP contribution in [0.1, 0.15) is 18.4 Å². The highest BCUT2D eigenvalue weighted by Gasteiger charge is 2.08. The summed E-state index contributed by atoms with van der Waals surface area (Å²) in [6, 6.07) is 9.41. The van der Waals surface area contributed by atoms with Crippen LogP contribution in [-0.4, -0.2) is 44.4 Å². The molecule has 0 N–H and O–H groups in total. The molecule has 0 unspecified atom stereocenters. The maximum Gasteiger partial charge on any atom is 0.120 e. The number of nitrogens with zero attached hydrogens (tertiary/aromatic N) is 2. The summed E-state index contributed by atoms with van der Waals surface area (Å²) in [5.41, 5.74) is 0.641. The second kappa shape index (κ2) is 7.78. The minimum atomic E-state index is 0.641. The van der Waals surface area contributed by atoms with E-state index in [0.29, 0.717) is 12.2 Å². The zero-order valence-electron chi connectivity index (χ0n) is 11.2. The van der Waals surface area contributed by atoms with Crippen LogP contribution < -0.4 is 4.74 Å². The van der Waals surface area contributed by atoms with E-state index in [-0.39, 0.29) is 0 Å². The largest absolute Gasteiger partial charge is 0.494 e. The molecule has 4 nitrogen and oxygen atoms in total. The van der Waals surface area contributed by atoms with Gasteiger partial charge in [-0.1, -0.05) is 6.07 Å². The number of nitriles is 1. The quantitative estimate of drug-likeness (QED) is 0.760. The van der Waals surface area contributed by atoms with Crippen LogP contribution in [0, 0.1) is 11.3 Å². The fourth-order valence-corrected chi connectivity index (χ4v) is 2.15. The smallest absolute Gasteiger partial charge is 0.120 e. The van der Waals surface area contributed by atoms with Gasteiger partial charge in [-0.3, -0.25) is 0 Å². The number of benzene rings is 1. The van der Waals surface area contributed by atoms with Gasteiger partial charge in [-0.2, -0.15) is 5.26 Å². The van der Waals surface area contributed by atoms with Crippen molar-refractivity contribution in [2.45, 2.75) is 12.8 Å². The molecule has 1 heterocycles. The van der Waals surface area contributed by atoms with Crippen molar-refractivity contribution in [2.75, 3.05) is 39.5 Å². The standard InChI is InChI=1S/C15H20N2O2/c16-13-14-4-1-5-15(12-14)19-10-3-7-17-6-2-9-18-11-8-17/h1,4-5,12H,2-3,6-11H2. The van der Waals surface area contributed by atoms with E-state index >= 15 is 0 Å². The van der Waals surface area contributed by atoms with Crippen LogP contribution >= 0.6 is 0 Å². The van der Waals surface area contributed by atoms with Gasteiger partial charge in [-0.15, -0.1) is 0 Å². The predicted molar refractivity (Wildman–Crippen MR) is 73.1 cm³/mol. The van der Waals surface area contributed by atoms with Crippen LogP contribution in [-0.2, 0) is 4.74 Å². The topological polar surface area (TPSA) is 45.5 Å². The average molecular weight is 260 g/mol. The van der Waals surface area contributed by atoms with Crippen LogP contribution in [0.25, 0.3) is 0 Å². The molecular formula is C15H20N2O2. The average Bonchev–Trinajstić information content (AvgIpc) is 2.72. The molecule has 1 fully saturated rings. The van der Waals surface area contributed by atoms with Crippen LogP contribution in [0.5, 0.6) is 5.75 Å². The molecule has 0 aliphatic carbocycles. The first-order valence-electron chi connectivity index (χ1n) is 6.81. The summed E-state index contributed by atoms with van der Waals surface area (Å²) in [5, 5.41) is 8.81. The molecule has 0 saturated carbocycles. The number of rotatable bonds is 5. The Balaban J connectivity index is 1.67. The lowest BCUT2D eigenvalue weighted by Gasteiger charge is -2.18. The first kappa shape index (κ1) is 13.9. The monoisotopic (exact) mass is 260 g/mol. The molecule has 0 aromatic heterocycles. The van der Waals surface area contributed by atoms with Gasteiger partial charge < -0.3 is 14.4 Å².